The molecule has 0 aliphatic rings. The number of hydrogen-bond donors (Lipinski definition) is 0. The third kappa shape index (κ3) is 8.18. The molecule has 9 aromatic rings. The van der Waals surface area contributed by atoms with Crippen LogP contribution in [0.4, 0.5) is 8.78 Å². The maximum atomic E-state index is 13.6. The van der Waals surface area contributed by atoms with Crippen LogP contribution >= 0.6 is 0 Å². The molecular formula is C50H33F2KN2-2. The number of imidazole rings is 1. The van der Waals surface area contributed by atoms with Gasteiger partial charge in [0.2, 0.25) is 0 Å². The summed E-state index contributed by atoms with van der Waals surface area (Å²) in [5.74, 6) is 1.15. The van der Waals surface area contributed by atoms with Crippen LogP contribution in [0.25, 0.3) is 56.1 Å². The number of fused-ring (bicyclic) bond motifs is 2. The van der Waals surface area contributed by atoms with Crippen LogP contribution < -0.4 is 51.4 Å². The number of hydrogen-bond acceptors (Lipinski definition) is 1. The SMILES string of the molecule is Fc1ccc([C-](c2ccc(F)cc2)c2ccc(-c3nc4ccccc4n3-c3ccccc3)cc2)cc1.[CH-]=Cc1[c-]cc2ccccc2c1-c1ccccc1.[K+]. The van der Waals surface area contributed by atoms with Crippen molar-refractivity contribution in [3.05, 3.63) is 241 Å². The molecule has 8 aromatic carbocycles. The molecule has 0 aliphatic carbocycles. The second-order valence-electron chi connectivity index (χ2n) is 12.8. The van der Waals surface area contributed by atoms with Gasteiger partial charge in [-0.15, -0.1) is 10.8 Å². The fourth-order valence-corrected chi connectivity index (χ4v) is 6.85. The molecule has 0 atom stereocenters. The summed E-state index contributed by atoms with van der Waals surface area (Å²) in [5.41, 5.74) is 9.88. The summed E-state index contributed by atoms with van der Waals surface area (Å²) >= 11 is 0. The summed E-state index contributed by atoms with van der Waals surface area (Å²) in [5, 5.41) is 2.39. The van der Waals surface area contributed by atoms with Crippen LogP contribution in [0.5, 0.6) is 0 Å². The van der Waals surface area contributed by atoms with E-state index in [2.05, 4.69) is 59.2 Å². The van der Waals surface area contributed by atoms with Crippen molar-refractivity contribution in [3.8, 4) is 28.2 Å². The average Bonchev–Trinajstić information content (AvgIpc) is 3.63. The molecule has 55 heavy (non-hydrogen) atoms. The van der Waals surface area contributed by atoms with Gasteiger partial charge in [0.15, 0.2) is 0 Å². The van der Waals surface area contributed by atoms with Gasteiger partial charge in [0.05, 0.1) is 11.0 Å². The van der Waals surface area contributed by atoms with Crippen LogP contribution in [-0.4, -0.2) is 9.55 Å². The fraction of sp³-hybridized carbons (Fsp3) is 0. The maximum absolute atomic E-state index is 13.6. The van der Waals surface area contributed by atoms with Crippen molar-refractivity contribution in [3.63, 3.8) is 0 Å². The smallest absolute Gasteiger partial charge is 0.344 e. The molecule has 0 aliphatic heterocycles. The van der Waals surface area contributed by atoms with E-state index in [1.54, 1.807) is 30.3 Å². The van der Waals surface area contributed by atoms with E-state index in [1.807, 2.05) is 91.0 Å². The molecule has 0 radical (unpaired) electrons. The second-order valence-corrected chi connectivity index (χ2v) is 12.8. The van der Waals surface area contributed by atoms with Crippen molar-refractivity contribution >= 4 is 27.9 Å². The Bertz CT molecular complexity index is 2630. The van der Waals surface area contributed by atoms with E-state index in [-0.39, 0.29) is 63.0 Å². The van der Waals surface area contributed by atoms with Crippen molar-refractivity contribution in [2.24, 2.45) is 0 Å². The molecule has 0 unspecified atom stereocenters. The van der Waals surface area contributed by atoms with Gasteiger partial charge in [-0.05, 0) is 24.3 Å². The van der Waals surface area contributed by atoms with Gasteiger partial charge in [0, 0.05) is 11.3 Å². The molecule has 0 N–H and O–H groups in total. The van der Waals surface area contributed by atoms with Crippen molar-refractivity contribution in [1.82, 2.24) is 9.55 Å². The Morgan fingerprint density at radius 3 is 1.71 bits per heavy atom. The van der Waals surface area contributed by atoms with E-state index in [0.717, 1.165) is 61.8 Å². The van der Waals surface area contributed by atoms with E-state index >= 15 is 0 Å². The monoisotopic (exact) mass is 738 g/mol. The quantitative estimate of drug-likeness (QED) is 0.0905. The van der Waals surface area contributed by atoms with Gasteiger partial charge in [-0.1, -0.05) is 186 Å². The summed E-state index contributed by atoms with van der Waals surface area (Å²) in [6.07, 6.45) is 1.62. The van der Waals surface area contributed by atoms with Crippen molar-refractivity contribution < 1.29 is 60.2 Å². The third-order valence-corrected chi connectivity index (χ3v) is 9.38. The van der Waals surface area contributed by atoms with Crippen LogP contribution in [0.1, 0.15) is 22.3 Å². The Balaban J connectivity index is 0.000000206. The summed E-state index contributed by atoms with van der Waals surface area (Å²) in [6.45, 7) is 5.72. The standard InChI is InChI=1S/C32H21F2N2.C18H12.K/c33-26-18-14-23(15-19-26)31(24-16-20-27(34)21-17-24)22-10-12-25(13-11-22)32-35-29-8-4-5-9-30(29)36(32)28-6-2-1-3-7-28;1-2-14-12-13-15-8-6-7-11-17(15)18(14)16-9-4-3-5-10-16;/h1-21H;1-11,13H;/q-1;-2;+1. The molecule has 9 rings (SSSR count). The topological polar surface area (TPSA) is 17.8 Å². The molecule has 0 amide bonds. The minimum Gasteiger partial charge on any atom is -0.344 e. The molecule has 2 nitrogen and oxygen atoms in total. The van der Waals surface area contributed by atoms with Gasteiger partial charge in [-0.25, -0.2) is 19.8 Å². The number of para-hydroxylation sites is 3. The minimum atomic E-state index is -0.299. The van der Waals surface area contributed by atoms with Gasteiger partial charge in [-0.2, -0.15) is 11.6 Å². The third-order valence-electron chi connectivity index (χ3n) is 9.38. The molecule has 260 valence electrons. The normalized spacial score (nSPS) is 10.7. The van der Waals surface area contributed by atoms with Crippen LogP contribution in [0, 0.1) is 30.2 Å². The van der Waals surface area contributed by atoms with Gasteiger partial charge < -0.3 is 12.7 Å². The number of nitrogens with zero attached hydrogens (tertiary/aromatic N) is 2. The summed E-state index contributed by atoms with van der Waals surface area (Å²) in [7, 11) is 0. The fourth-order valence-electron chi connectivity index (χ4n) is 6.85. The Kier molecular flexibility index (Phi) is 12.0. The predicted molar refractivity (Wildman–Crippen MR) is 217 cm³/mol. The van der Waals surface area contributed by atoms with E-state index in [4.69, 9.17) is 11.6 Å². The molecular weight excluding hydrogens is 706 g/mol. The van der Waals surface area contributed by atoms with E-state index in [9.17, 15) is 8.78 Å². The first kappa shape index (κ1) is 37.9. The molecule has 5 heteroatoms. The summed E-state index contributed by atoms with van der Waals surface area (Å²) in [4.78, 5) is 4.94. The molecule has 0 saturated carbocycles. The van der Waals surface area contributed by atoms with Crippen molar-refractivity contribution in [2.45, 2.75) is 0 Å². The Morgan fingerprint density at radius 2 is 1.09 bits per heavy atom. The largest absolute Gasteiger partial charge is 1.00 e. The van der Waals surface area contributed by atoms with E-state index in [1.165, 1.54) is 40.6 Å². The molecule has 1 aromatic heterocycles. The van der Waals surface area contributed by atoms with Crippen LogP contribution in [0.15, 0.2) is 188 Å². The van der Waals surface area contributed by atoms with E-state index in [0.29, 0.717) is 0 Å². The zero-order valence-electron chi connectivity index (χ0n) is 30.2. The van der Waals surface area contributed by atoms with E-state index < -0.39 is 0 Å². The number of rotatable bonds is 7. The van der Waals surface area contributed by atoms with Gasteiger partial charge in [0.25, 0.3) is 0 Å². The van der Waals surface area contributed by atoms with Crippen LogP contribution in [0.2, 0.25) is 0 Å². The number of halogens is 2. The molecule has 1 heterocycles. The van der Waals surface area contributed by atoms with Gasteiger partial charge >= 0.3 is 51.4 Å². The first-order chi connectivity index (χ1) is 26.6. The first-order valence-corrected chi connectivity index (χ1v) is 17.6. The molecule has 0 saturated heterocycles. The molecule has 0 fully saturated rings. The Hall–Kier alpha value is -5.40. The zero-order valence-corrected chi connectivity index (χ0v) is 33.3. The maximum Gasteiger partial charge on any atom is 1.00 e. The predicted octanol–water partition coefficient (Wildman–Crippen LogP) is 9.75. The van der Waals surface area contributed by atoms with Gasteiger partial charge in [-0.3, -0.25) is 10.1 Å². The molecule has 0 bridgehead atoms. The van der Waals surface area contributed by atoms with Crippen LogP contribution in [0.3, 0.4) is 0 Å². The number of aromatic nitrogens is 2. The Morgan fingerprint density at radius 1 is 0.564 bits per heavy atom. The average molecular weight is 739 g/mol. The Labute approximate surface area is 362 Å². The van der Waals surface area contributed by atoms with Crippen molar-refractivity contribution in [2.75, 3.05) is 0 Å². The van der Waals surface area contributed by atoms with Gasteiger partial charge in [0.1, 0.15) is 17.5 Å². The van der Waals surface area contributed by atoms with Crippen molar-refractivity contribution in [1.29, 1.82) is 0 Å². The second kappa shape index (κ2) is 17.4. The molecule has 0 spiro atoms. The summed E-state index contributed by atoms with van der Waals surface area (Å²) < 4.78 is 29.5. The number of benzene rings is 8. The summed E-state index contributed by atoms with van der Waals surface area (Å²) in [6, 6.07) is 63.0. The van der Waals surface area contributed by atoms with Crippen LogP contribution in [-0.2, 0) is 0 Å². The minimum absolute atomic E-state index is 0. The zero-order chi connectivity index (χ0) is 36.9. The first-order valence-electron chi connectivity index (χ1n) is 17.6.